The van der Waals surface area contributed by atoms with Crippen LogP contribution in [0.4, 0.5) is 5.69 Å². The number of aliphatic hydroxyl groups is 1. The van der Waals surface area contributed by atoms with Crippen molar-refractivity contribution in [1.29, 1.82) is 0 Å². The highest BCUT2D eigenvalue weighted by Crippen LogP contribution is 2.59. The molecule has 2 N–H and O–H groups in total. The molecule has 0 aromatic heterocycles. The number of aliphatic hydroxyl groups excluding tert-OH is 1. The SMILES string of the molecule is C[C@H]1[C@H]([Si](C)(C)O)[C@@H](CC(=O)N2Cc3ccccc3C[C@H]2CO)O[C@]12C(=O)N(Cc1cccc(I)c1)c1ccccc12. The van der Waals surface area contributed by atoms with Crippen LogP contribution in [-0.2, 0) is 39.4 Å². The lowest BCUT2D eigenvalue weighted by atomic mass is 9.82. The van der Waals surface area contributed by atoms with Crippen molar-refractivity contribution in [2.24, 2.45) is 5.92 Å². The second-order valence-corrected chi connectivity index (χ2v) is 17.7. The third-order valence-electron chi connectivity index (χ3n) is 9.38. The Morgan fingerprint density at radius 2 is 1.79 bits per heavy atom. The van der Waals surface area contributed by atoms with E-state index in [0.29, 0.717) is 19.5 Å². The van der Waals surface area contributed by atoms with Crippen molar-refractivity contribution >= 4 is 48.4 Å². The van der Waals surface area contributed by atoms with Crippen LogP contribution >= 0.6 is 22.6 Å². The first kappa shape index (κ1) is 29.5. The Hall–Kier alpha value is -2.57. The fourth-order valence-electron chi connectivity index (χ4n) is 7.54. The van der Waals surface area contributed by atoms with E-state index in [4.69, 9.17) is 4.74 Å². The van der Waals surface area contributed by atoms with E-state index in [0.717, 1.165) is 31.5 Å². The molecule has 0 unspecified atom stereocenters. The molecule has 3 aromatic rings. The number of carbonyl (C=O) groups is 2. The summed E-state index contributed by atoms with van der Waals surface area (Å²) in [5, 5.41) is 10.2. The molecule has 1 spiro atoms. The van der Waals surface area contributed by atoms with Crippen LogP contribution in [-0.4, -0.2) is 53.7 Å². The fourth-order valence-corrected chi connectivity index (χ4v) is 10.7. The lowest BCUT2D eigenvalue weighted by Gasteiger charge is -2.37. The first-order valence-electron chi connectivity index (χ1n) is 14.6. The predicted molar refractivity (Wildman–Crippen MR) is 172 cm³/mol. The van der Waals surface area contributed by atoms with Crippen LogP contribution in [0, 0.1) is 9.49 Å². The molecule has 3 heterocycles. The van der Waals surface area contributed by atoms with Crippen LogP contribution in [0.15, 0.2) is 72.8 Å². The number of nitrogens with zero attached hydrogens (tertiary/aromatic N) is 2. The molecule has 3 aliphatic heterocycles. The van der Waals surface area contributed by atoms with Crippen LogP contribution in [0.1, 0.15) is 35.6 Å². The monoisotopic (exact) mass is 696 g/mol. The third kappa shape index (κ3) is 4.92. The van der Waals surface area contributed by atoms with Crippen molar-refractivity contribution in [3.05, 3.63) is 98.6 Å². The zero-order chi connectivity index (χ0) is 29.8. The Bertz CT molecular complexity index is 1530. The van der Waals surface area contributed by atoms with E-state index in [-0.39, 0.29) is 42.3 Å². The molecule has 7 nitrogen and oxygen atoms in total. The number of para-hydroxylation sites is 1. The number of hydrogen-bond acceptors (Lipinski definition) is 5. The number of hydrogen-bond donors (Lipinski definition) is 2. The summed E-state index contributed by atoms with van der Waals surface area (Å²) in [5.74, 6) is -0.615. The normalized spacial score (nSPS) is 27.0. The maximum Gasteiger partial charge on any atom is 0.264 e. The topological polar surface area (TPSA) is 90.3 Å². The van der Waals surface area contributed by atoms with Crippen molar-refractivity contribution in [3.8, 4) is 0 Å². The number of halogens is 1. The van der Waals surface area contributed by atoms with Gasteiger partial charge in [-0.15, -0.1) is 0 Å². The van der Waals surface area contributed by atoms with Crippen molar-refractivity contribution < 1.29 is 24.2 Å². The van der Waals surface area contributed by atoms with E-state index < -0.39 is 20.0 Å². The van der Waals surface area contributed by atoms with E-state index in [1.54, 1.807) is 9.80 Å². The average Bonchev–Trinajstić information content (AvgIpc) is 3.38. The maximum absolute atomic E-state index is 14.5. The molecule has 0 radical (unpaired) electrons. The lowest BCUT2D eigenvalue weighted by molar-refractivity contribution is -0.151. The van der Waals surface area contributed by atoms with Crippen molar-refractivity contribution in [2.45, 2.75) is 69.2 Å². The number of anilines is 1. The first-order valence-corrected chi connectivity index (χ1v) is 18.7. The summed E-state index contributed by atoms with van der Waals surface area (Å²) in [6.07, 6.45) is -0.00309. The summed E-state index contributed by atoms with van der Waals surface area (Å²) in [6.45, 7) is 6.44. The molecular formula is C33H37IN2O5Si. The number of benzene rings is 3. The molecular weight excluding hydrogens is 659 g/mol. The van der Waals surface area contributed by atoms with Crippen LogP contribution in [0.5, 0.6) is 0 Å². The average molecular weight is 697 g/mol. The van der Waals surface area contributed by atoms with Crippen LogP contribution in [0.25, 0.3) is 0 Å². The summed E-state index contributed by atoms with van der Waals surface area (Å²) in [4.78, 5) is 43.6. The minimum atomic E-state index is -2.91. The molecule has 0 bridgehead atoms. The van der Waals surface area contributed by atoms with Gasteiger partial charge in [-0.2, -0.15) is 0 Å². The highest BCUT2D eigenvalue weighted by molar-refractivity contribution is 14.1. The number of amides is 2. The number of rotatable bonds is 6. The fraction of sp³-hybridized carbons (Fsp3) is 0.394. The second-order valence-electron chi connectivity index (χ2n) is 12.4. The molecule has 0 saturated carbocycles. The highest BCUT2D eigenvalue weighted by atomic mass is 127. The standard InChI is InChI=1S/C33H37IN2O5Si/c1-21-31(42(2,3)40)29(17-30(38)35-19-24-11-5-4-10-23(24)16-26(35)20-37)41-33(21)27-13-6-7-14-28(27)36(32(33)39)18-22-9-8-12-25(34)15-22/h4-15,21,26,29,31,37,40H,16-20H2,1-3H3/t21-,26-,29+,31-,33+/m0/s1. The van der Waals surface area contributed by atoms with E-state index in [2.05, 4.69) is 28.7 Å². The summed E-state index contributed by atoms with van der Waals surface area (Å²) in [7, 11) is -2.91. The summed E-state index contributed by atoms with van der Waals surface area (Å²) in [6, 6.07) is 23.6. The van der Waals surface area contributed by atoms with Gasteiger partial charge in [0, 0.05) is 27.1 Å². The van der Waals surface area contributed by atoms with Crippen LogP contribution in [0.2, 0.25) is 18.6 Å². The zero-order valence-electron chi connectivity index (χ0n) is 24.2. The largest absolute Gasteiger partial charge is 0.432 e. The van der Waals surface area contributed by atoms with Gasteiger partial charge in [0.25, 0.3) is 5.91 Å². The van der Waals surface area contributed by atoms with E-state index in [1.165, 1.54) is 0 Å². The Balaban J connectivity index is 1.34. The van der Waals surface area contributed by atoms with Gasteiger partial charge in [-0.05, 0) is 77.0 Å². The minimum Gasteiger partial charge on any atom is -0.432 e. The minimum absolute atomic E-state index is 0.0404. The van der Waals surface area contributed by atoms with Gasteiger partial charge < -0.3 is 24.4 Å². The van der Waals surface area contributed by atoms with E-state index in [1.807, 2.05) is 86.7 Å². The Morgan fingerprint density at radius 1 is 1.07 bits per heavy atom. The first-order chi connectivity index (χ1) is 20.0. The van der Waals surface area contributed by atoms with E-state index >= 15 is 0 Å². The van der Waals surface area contributed by atoms with Gasteiger partial charge >= 0.3 is 0 Å². The summed E-state index contributed by atoms with van der Waals surface area (Å²) >= 11 is 2.28. The van der Waals surface area contributed by atoms with Gasteiger partial charge in [0.1, 0.15) is 0 Å². The van der Waals surface area contributed by atoms with Crippen LogP contribution < -0.4 is 4.90 Å². The molecule has 220 valence electrons. The molecule has 0 aliphatic carbocycles. The Labute approximate surface area is 261 Å². The molecule has 3 aromatic carbocycles. The predicted octanol–water partition coefficient (Wildman–Crippen LogP) is 4.97. The molecule has 5 atom stereocenters. The third-order valence-corrected chi connectivity index (χ3v) is 12.6. The van der Waals surface area contributed by atoms with Crippen LogP contribution in [0.3, 0.4) is 0 Å². The molecule has 2 amide bonds. The van der Waals surface area contributed by atoms with Gasteiger partial charge in [0.2, 0.25) is 5.91 Å². The highest BCUT2D eigenvalue weighted by Gasteiger charge is 2.66. The molecule has 3 aliphatic rings. The van der Waals surface area contributed by atoms with Crippen molar-refractivity contribution in [2.75, 3.05) is 11.5 Å². The van der Waals surface area contributed by atoms with Crippen molar-refractivity contribution in [3.63, 3.8) is 0 Å². The maximum atomic E-state index is 14.5. The lowest BCUT2D eigenvalue weighted by Crippen LogP contribution is -2.48. The second kappa shape index (κ2) is 11.2. The molecule has 6 rings (SSSR count). The van der Waals surface area contributed by atoms with Gasteiger partial charge in [0.05, 0.1) is 37.4 Å². The Morgan fingerprint density at radius 3 is 2.50 bits per heavy atom. The Kier molecular flexibility index (Phi) is 7.84. The van der Waals surface area contributed by atoms with E-state index in [9.17, 15) is 19.5 Å². The molecule has 9 heteroatoms. The van der Waals surface area contributed by atoms with Gasteiger partial charge in [-0.1, -0.05) is 61.5 Å². The quantitative estimate of drug-likeness (QED) is 0.281. The molecule has 1 fully saturated rings. The number of fused-ring (bicyclic) bond motifs is 3. The van der Waals surface area contributed by atoms with Gasteiger partial charge in [-0.3, -0.25) is 9.59 Å². The summed E-state index contributed by atoms with van der Waals surface area (Å²) in [5.41, 5.74) is 3.22. The number of ether oxygens (including phenoxy) is 1. The van der Waals surface area contributed by atoms with Crippen molar-refractivity contribution in [1.82, 2.24) is 4.90 Å². The van der Waals surface area contributed by atoms with Gasteiger partial charge in [0.15, 0.2) is 13.9 Å². The number of carbonyl (C=O) groups excluding carboxylic acids is 2. The molecule has 42 heavy (non-hydrogen) atoms. The summed E-state index contributed by atoms with van der Waals surface area (Å²) < 4.78 is 7.96. The smallest absolute Gasteiger partial charge is 0.264 e. The zero-order valence-corrected chi connectivity index (χ0v) is 27.3. The molecule has 1 saturated heterocycles. The van der Waals surface area contributed by atoms with Gasteiger partial charge in [-0.25, -0.2) is 0 Å².